The van der Waals surface area contributed by atoms with E-state index in [9.17, 15) is 4.79 Å². The second-order valence-electron chi connectivity index (χ2n) is 6.18. The molecule has 5 heterocycles. The summed E-state index contributed by atoms with van der Waals surface area (Å²) in [6, 6.07) is 9.62. The van der Waals surface area contributed by atoms with Crippen molar-refractivity contribution in [2.45, 2.75) is 13.5 Å². The van der Waals surface area contributed by atoms with E-state index >= 15 is 0 Å². The zero-order chi connectivity index (χ0) is 19.8. The highest BCUT2D eigenvalue weighted by Gasteiger charge is 2.21. The van der Waals surface area contributed by atoms with Crippen LogP contribution < -0.4 is 0 Å². The van der Waals surface area contributed by atoms with Gasteiger partial charge in [0, 0.05) is 5.38 Å². The number of carbonyl (C=O) groups excluding carboxylic acids is 1. The second kappa shape index (κ2) is 7.51. The van der Waals surface area contributed by atoms with Crippen LogP contribution in [0.3, 0.4) is 0 Å². The molecule has 144 valence electrons. The first kappa shape index (κ1) is 18.2. The number of esters is 1. The summed E-state index contributed by atoms with van der Waals surface area (Å²) in [5.74, 6) is -0.452. The van der Waals surface area contributed by atoms with Crippen LogP contribution in [0, 0.1) is 6.92 Å². The number of hydrogen-bond donors (Lipinski definition) is 0. The number of rotatable bonds is 5. The largest absolute Gasteiger partial charge is 0.456 e. The van der Waals surface area contributed by atoms with Gasteiger partial charge in [0.05, 0.1) is 37.8 Å². The fraction of sp³-hybridized carbons (Fsp3) is 0.100. The van der Waals surface area contributed by atoms with Crippen LogP contribution in [-0.2, 0) is 11.3 Å². The molecule has 5 aromatic rings. The highest BCUT2D eigenvalue weighted by atomic mass is 32.1. The van der Waals surface area contributed by atoms with Crippen molar-refractivity contribution in [3.05, 3.63) is 63.4 Å². The van der Waals surface area contributed by atoms with Gasteiger partial charge < -0.3 is 9.26 Å². The van der Waals surface area contributed by atoms with E-state index in [1.807, 2.05) is 40.4 Å². The van der Waals surface area contributed by atoms with Crippen molar-refractivity contribution in [1.29, 1.82) is 0 Å². The Balaban J connectivity index is 1.42. The average molecular weight is 440 g/mol. The molecule has 0 fully saturated rings. The summed E-state index contributed by atoms with van der Waals surface area (Å²) >= 11 is 4.71. The van der Waals surface area contributed by atoms with Crippen LogP contribution in [0.4, 0.5) is 0 Å². The van der Waals surface area contributed by atoms with Crippen LogP contribution in [0.25, 0.3) is 31.6 Å². The van der Waals surface area contributed by atoms with Gasteiger partial charge in [-0.3, -0.25) is 0 Å². The van der Waals surface area contributed by atoms with Crippen LogP contribution in [0.2, 0.25) is 0 Å². The molecule has 0 saturated carbocycles. The number of aromatic nitrogens is 3. The number of thiazole rings is 1. The molecule has 0 aliphatic carbocycles. The van der Waals surface area contributed by atoms with Gasteiger partial charge in [-0.05, 0) is 35.9 Å². The minimum absolute atomic E-state index is 0.100. The van der Waals surface area contributed by atoms with Gasteiger partial charge >= 0.3 is 5.97 Å². The normalized spacial score (nSPS) is 11.2. The van der Waals surface area contributed by atoms with Crippen molar-refractivity contribution in [1.82, 2.24) is 15.1 Å². The third-order valence-electron chi connectivity index (χ3n) is 4.25. The van der Waals surface area contributed by atoms with E-state index in [0.29, 0.717) is 28.1 Å². The molecule has 0 spiro atoms. The van der Waals surface area contributed by atoms with Crippen molar-refractivity contribution >= 4 is 51.1 Å². The van der Waals surface area contributed by atoms with E-state index in [1.54, 1.807) is 24.3 Å². The zero-order valence-corrected chi connectivity index (χ0v) is 17.6. The van der Waals surface area contributed by atoms with Gasteiger partial charge in [0.1, 0.15) is 11.6 Å². The van der Waals surface area contributed by atoms with Crippen LogP contribution in [0.1, 0.15) is 21.7 Å². The predicted molar refractivity (Wildman–Crippen MR) is 114 cm³/mol. The van der Waals surface area contributed by atoms with Crippen LogP contribution in [-0.4, -0.2) is 21.1 Å². The lowest BCUT2D eigenvalue weighted by Crippen LogP contribution is -2.07. The number of ether oxygens (including phenoxy) is 1. The summed E-state index contributed by atoms with van der Waals surface area (Å²) in [7, 11) is 0. The minimum Gasteiger partial charge on any atom is -0.456 e. The summed E-state index contributed by atoms with van der Waals surface area (Å²) in [6.07, 6.45) is 0. The quantitative estimate of drug-likeness (QED) is 0.322. The lowest BCUT2D eigenvalue weighted by Gasteiger charge is -2.06. The van der Waals surface area contributed by atoms with Crippen LogP contribution in [0.5, 0.6) is 0 Å². The molecule has 0 unspecified atom stereocenters. The maximum absolute atomic E-state index is 12.9. The van der Waals surface area contributed by atoms with Crippen molar-refractivity contribution in [3.63, 3.8) is 0 Å². The molecule has 0 bridgehead atoms. The molecule has 0 aliphatic rings. The highest BCUT2D eigenvalue weighted by molar-refractivity contribution is 7.20. The molecular formula is C20H13N3O3S3. The van der Waals surface area contributed by atoms with Crippen molar-refractivity contribution < 1.29 is 14.1 Å². The summed E-state index contributed by atoms with van der Waals surface area (Å²) in [6.45, 7) is 1.88. The fourth-order valence-corrected chi connectivity index (χ4v) is 5.21. The van der Waals surface area contributed by atoms with Gasteiger partial charge in [-0.1, -0.05) is 17.3 Å². The number of carbonyl (C=O) groups is 1. The Hall–Kier alpha value is -2.88. The first-order valence-electron chi connectivity index (χ1n) is 8.65. The van der Waals surface area contributed by atoms with Crippen molar-refractivity contribution in [3.8, 4) is 20.5 Å². The maximum atomic E-state index is 12.9. The van der Waals surface area contributed by atoms with Gasteiger partial charge in [-0.25, -0.2) is 14.8 Å². The monoisotopic (exact) mass is 439 g/mol. The highest BCUT2D eigenvalue weighted by Crippen LogP contribution is 2.31. The third kappa shape index (κ3) is 3.48. The van der Waals surface area contributed by atoms with E-state index in [0.717, 1.165) is 20.5 Å². The van der Waals surface area contributed by atoms with Gasteiger partial charge in [-0.2, -0.15) is 0 Å². The van der Waals surface area contributed by atoms with Gasteiger partial charge in [0.25, 0.3) is 5.71 Å². The first-order valence-corrected chi connectivity index (χ1v) is 11.3. The molecule has 0 aromatic carbocycles. The summed E-state index contributed by atoms with van der Waals surface area (Å²) in [5.41, 5.74) is 2.70. The van der Waals surface area contributed by atoms with Gasteiger partial charge in [0.15, 0.2) is 0 Å². The first-order chi connectivity index (χ1) is 14.2. The fourth-order valence-electron chi connectivity index (χ4n) is 2.91. The van der Waals surface area contributed by atoms with E-state index in [4.69, 9.17) is 9.26 Å². The Morgan fingerprint density at radius 1 is 1.10 bits per heavy atom. The van der Waals surface area contributed by atoms with E-state index < -0.39 is 5.97 Å². The zero-order valence-electron chi connectivity index (χ0n) is 15.1. The predicted octanol–water partition coefficient (Wildman–Crippen LogP) is 5.80. The van der Waals surface area contributed by atoms with Crippen molar-refractivity contribution in [2.24, 2.45) is 0 Å². The number of pyridine rings is 1. The van der Waals surface area contributed by atoms with Crippen LogP contribution in [0.15, 0.2) is 51.0 Å². The second-order valence-corrected chi connectivity index (χ2v) is 8.93. The van der Waals surface area contributed by atoms with E-state index in [-0.39, 0.29) is 6.61 Å². The Morgan fingerprint density at radius 2 is 1.90 bits per heavy atom. The lowest BCUT2D eigenvalue weighted by molar-refractivity contribution is 0.0470. The number of nitrogens with zero attached hydrogens (tertiary/aromatic N) is 3. The molecule has 0 radical (unpaired) electrons. The van der Waals surface area contributed by atoms with E-state index in [1.165, 1.54) is 22.7 Å². The molecule has 0 atom stereocenters. The van der Waals surface area contributed by atoms with Crippen LogP contribution >= 0.6 is 34.0 Å². The Morgan fingerprint density at radius 3 is 2.66 bits per heavy atom. The standard InChI is InChI=1S/C20H13N3O3S3/c1-11-17-13(8-14(15-4-2-6-27-15)22-18(17)26-23-11)20(24)25-9-12-10-29-19(21-12)16-5-3-7-28-16/h2-8,10H,9H2,1H3. The molecule has 9 heteroatoms. The minimum atomic E-state index is -0.452. The van der Waals surface area contributed by atoms with Gasteiger partial charge in [0.2, 0.25) is 0 Å². The Kier molecular flexibility index (Phi) is 4.70. The SMILES string of the molecule is Cc1noc2nc(-c3cccs3)cc(C(=O)OCc3csc(-c4cccs4)n3)c12. The Bertz CT molecular complexity index is 1290. The number of aryl methyl sites for hydroxylation is 1. The number of fused-ring (bicyclic) bond motifs is 1. The number of hydrogen-bond acceptors (Lipinski definition) is 9. The smallest absolute Gasteiger partial charge is 0.339 e. The lowest BCUT2D eigenvalue weighted by atomic mass is 10.1. The Labute approximate surface area is 177 Å². The molecule has 0 saturated heterocycles. The summed E-state index contributed by atoms with van der Waals surface area (Å²) < 4.78 is 10.9. The van der Waals surface area contributed by atoms with E-state index in [2.05, 4.69) is 15.1 Å². The molecule has 0 amide bonds. The molecule has 0 N–H and O–H groups in total. The molecule has 0 aliphatic heterocycles. The average Bonchev–Trinajstić information content (AvgIpc) is 3.53. The summed E-state index contributed by atoms with van der Waals surface area (Å²) in [5, 5.41) is 11.3. The molecule has 29 heavy (non-hydrogen) atoms. The molecular weight excluding hydrogens is 426 g/mol. The van der Waals surface area contributed by atoms with Gasteiger partial charge in [-0.15, -0.1) is 34.0 Å². The molecule has 5 rings (SSSR count). The summed E-state index contributed by atoms with van der Waals surface area (Å²) in [4.78, 5) is 24.0. The third-order valence-corrected chi connectivity index (χ3v) is 7.07. The number of thiophene rings is 2. The maximum Gasteiger partial charge on any atom is 0.339 e. The topological polar surface area (TPSA) is 78.1 Å². The molecule has 6 nitrogen and oxygen atoms in total. The molecule has 5 aromatic heterocycles. The van der Waals surface area contributed by atoms with Crippen molar-refractivity contribution in [2.75, 3.05) is 0 Å².